The Kier molecular flexibility index (Phi) is 4.23. The lowest BCUT2D eigenvalue weighted by molar-refractivity contribution is -0.145. The summed E-state index contributed by atoms with van der Waals surface area (Å²) in [7, 11) is 0. The quantitative estimate of drug-likeness (QED) is 0.822. The predicted molar refractivity (Wildman–Crippen MR) is 79.3 cm³/mol. The van der Waals surface area contributed by atoms with Crippen LogP contribution in [-0.2, 0) is 22.6 Å². The van der Waals surface area contributed by atoms with Crippen LogP contribution in [0.1, 0.15) is 10.4 Å². The number of thiophene rings is 1. The fraction of sp³-hybridized carbons (Fsp3) is 0.571. The summed E-state index contributed by atoms with van der Waals surface area (Å²) in [6.45, 7) is 3.30. The van der Waals surface area contributed by atoms with Crippen molar-refractivity contribution in [2.24, 2.45) is 0 Å². The van der Waals surface area contributed by atoms with Crippen molar-refractivity contribution >= 4 is 23.2 Å². The minimum Gasteiger partial charge on any atom is -0.480 e. The van der Waals surface area contributed by atoms with Gasteiger partial charge in [-0.25, -0.2) is 0 Å². The first-order valence-electron chi connectivity index (χ1n) is 7.16. The topological polar surface area (TPSA) is 72.9 Å². The average molecular weight is 309 g/mol. The van der Waals surface area contributed by atoms with Crippen molar-refractivity contribution in [3.63, 3.8) is 0 Å². The van der Waals surface area contributed by atoms with E-state index in [1.54, 1.807) is 16.2 Å². The maximum atomic E-state index is 12.4. The first kappa shape index (κ1) is 14.5. The summed E-state index contributed by atoms with van der Waals surface area (Å²) < 4.78 is 0. The molecule has 3 rings (SSSR count). The van der Waals surface area contributed by atoms with Gasteiger partial charge in [0.2, 0.25) is 5.91 Å². The van der Waals surface area contributed by atoms with Crippen LogP contribution in [0.15, 0.2) is 11.4 Å². The van der Waals surface area contributed by atoms with Crippen molar-refractivity contribution in [1.29, 1.82) is 0 Å². The molecule has 2 aliphatic heterocycles. The number of carbonyl (C=O) groups is 2. The van der Waals surface area contributed by atoms with E-state index in [0.717, 1.165) is 19.5 Å². The zero-order valence-corrected chi connectivity index (χ0v) is 12.6. The van der Waals surface area contributed by atoms with Gasteiger partial charge in [-0.2, -0.15) is 0 Å². The number of amides is 1. The van der Waals surface area contributed by atoms with Crippen LogP contribution in [0.25, 0.3) is 0 Å². The number of hydrogen-bond donors (Lipinski definition) is 2. The molecule has 114 valence electrons. The lowest BCUT2D eigenvalue weighted by Gasteiger charge is -2.35. The molecule has 21 heavy (non-hydrogen) atoms. The lowest BCUT2D eigenvalue weighted by Crippen LogP contribution is -2.57. The van der Waals surface area contributed by atoms with E-state index in [4.69, 9.17) is 0 Å². The van der Waals surface area contributed by atoms with E-state index < -0.39 is 12.0 Å². The van der Waals surface area contributed by atoms with Gasteiger partial charge in [0.15, 0.2) is 0 Å². The first-order chi connectivity index (χ1) is 10.1. The molecule has 3 heterocycles. The lowest BCUT2D eigenvalue weighted by atomic mass is 10.1. The summed E-state index contributed by atoms with van der Waals surface area (Å²) in [5, 5.41) is 14.4. The Morgan fingerprint density at radius 3 is 3.10 bits per heavy atom. The van der Waals surface area contributed by atoms with Crippen LogP contribution in [-0.4, -0.2) is 65.5 Å². The van der Waals surface area contributed by atoms with Crippen LogP contribution in [0.4, 0.5) is 0 Å². The predicted octanol–water partition coefficient (Wildman–Crippen LogP) is -0.00880. The Morgan fingerprint density at radius 2 is 2.29 bits per heavy atom. The smallest absolute Gasteiger partial charge is 0.322 e. The fourth-order valence-electron chi connectivity index (χ4n) is 2.91. The Labute approximate surface area is 127 Å². The molecule has 1 saturated heterocycles. The van der Waals surface area contributed by atoms with Crippen molar-refractivity contribution in [1.82, 2.24) is 15.1 Å². The third kappa shape index (κ3) is 3.09. The molecule has 1 unspecified atom stereocenters. The molecule has 2 N–H and O–H groups in total. The number of carboxylic acids is 1. The van der Waals surface area contributed by atoms with Gasteiger partial charge in [0.1, 0.15) is 6.04 Å². The normalized spacial score (nSPS) is 22.9. The highest BCUT2D eigenvalue weighted by Gasteiger charge is 2.31. The molecule has 1 aromatic heterocycles. The number of hydrogen-bond acceptors (Lipinski definition) is 5. The molecule has 0 bridgehead atoms. The number of aliphatic carboxylic acids is 1. The van der Waals surface area contributed by atoms with Crippen molar-refractivity contribution in [2.75, 3.05) is 32.7 Å². The van der Waals surface area contributed by atoms with Crippen molar-refractivity contribution in [3.8, 4) is 0 Å². The Morgan fingerprint density at radius 1 is 1.43 bits per heavy atom. The molecule has 0 aliphatic carbocycles. The van der Waals surface area contributed by atoms with Crippen LogP contribution in [0, 0.1) is 0 Å². The molecular weight excluding hydrogens is 290 g/mol. The number of nitrogens with one attached hydrogen (secondary N) is 1. The van der Waals surface area contributed by atoms with Gasteiger partial charge in [-0.05, 0) is 23.4 Å². The average Bonchev–Trinajstić information content (AvgIpc) is 2.94. The largest absolute Gasteiger partial charge is 0.480 e. The summed E-state index contributed by atoms with van der Waals surface area (Å²) in [6.07, 6.45) is 0.905. The highest BCUT2D eigenvalue weighted by molar-refractivity contribution is 7.10. The number of carboxylic acid groups (broad SMARTS) is 1. The number of piperazine rings is 1. The molecule has 1 atom stereocenters. The molecular formula is C14H19N3O3S. The van der Waals surface area contributed by atoms with Gasteiger partial charge in [0.05, 0.1) is 6.54 Å². The molecule has 0 spiro atoms. The van der Waals surface area contributed by atoms with E-state index in [1.807, 2.05) is 4.90 Å². The number of rotatable bonds is 3. The third-order valence-corrected chi connectivity index (χ3v) is 5.16. The number of carbonyl (C=O) groups excluding carboxylic acids is 1. The Balaban J connectivity index is 1.62. The second-order valence-corrected chi connectivity index (χ2v) is 6.46. The Hall–Kier alpha value is -1.44. The van der Waals surface area contributed by atoms with Gasteiger partial charge in [-0.15, -0.1) is 11.3 Å². The van der Waals surface area contributed by atoms with Gasteiger partial charge >= 0.3 is 5.97 Å². The summed E-state index contributed by atoms with van der Waals surface area (Å²) in [6, 6.07) is 1.47. The molecule has 6 nitrogen and oxygen atoms in total. The standard InChI is InChI=1S/C14H19N3O3S/c18-13(9-16-5-3-15-7-11(16)14(19)20)17-4-1-12-10(8-17)2-6-21-12/h2,6,11,15H,1,3-5,7-9H2,(H,19,20). The number of fused-ring (bicyclic) bond motifs is 1. The first-order valence-corrected chi connectivity index (χ1v) is 8.03. The number of nitrogens with zero attached hydrogens (tertiary/aromatic N) is 2. The molecule has 0 aromatic carbocycles. The minimum atomic E-state index is -0.867. The third-order valence-electron chi connectivity index (χ3n) is 4.14. The van der Waals surface area contributed by atoms with E-state index in [9.17, 15) is 14.7 Å². The highest BCUT2D eigenvalue weighted by atomic mass is 32.1. The molecule has 1 fully saturated rings. The molecule has 0 saturated carbocycles. The maximum Gasteiger partial charge on any atom is 0.322 e. The van der Waals surface area contributed by atoms with Crippen molar-refractivity contribution in [3.05, 3.63) is 21.9 Å². The van der Waals surface area contributed by atoms with Gasteiger partial charge in [-0.3, -0.25) is 14.5 Å². The maximum absolute atomic E-state index is 12.4. The summed E-state index contributed by atoms with van der Waals surface area (Å²) in [5.74, 6) is -0.839. The molecule has 1 aromatic rings. The van der Waals surface area contributed by atoms with E-state index in [2.05, 4.69) is 16.8 Å². The summed E-state index contributed by atoms with van der Waals surface area (Å²) in [4.78, 5) is 28.7. The highest BCUT2D eigenvalue weighted by Crippen LogP contribution is 2.24. The summed E-state index contributed by atoms with van der Waals surface area (Å²) >= 11 is 1.74. The van der Waals surface area contributed by atoms with E-state index in [1.165, 1.54) is 10.4 Å². The van der Waals surface area contributed by atoms with E-state index in [0.29, 0.717) is 19.6 Å². The van der Waals surface area contributed by atoms with Gasteiger partial charge in [-0.1, -0.05) is 0 Å². The van der Waals surface area contributed by atoms with Gasteiger partial charge in [0, 0.05) is 37.6 Å². The summed E-state index contributed by atoms with van der Waals surface area (Å²) in [5.41, 5.74) is 1.23. The second-order valence-electron chi connectivity index (χ2n) is 5.46. The Bertz CT molecular complexity index is 545. The zero-order chi connectivity index (χ0) is 14.8. The van der Waals surface area contributed by atoms with Crippen LogP contribution in [0.3, 0.4) is 0 Å². The monoisotopic (exact) mass is 309 g/mol. The van der Waals surface area contributed by atoms with Crippen LogP contribution < -0.4 is 5.32 Å². The van der Waals surface area contributed by atoms with E-state index in [-0.39, 0.29) is 12.5 Å². The van der Waals surface area contributed by atoms with Gasteiger partial charge in [0.25, 0.3) is 0 Å². The van der Waals surface area contributed by atoms with Crippen LogP contribution >= 0.6 is 11.3 Å². The second kappa shape index (κ2) is 6.13. The minimum absolute atomic E-state index is 0.0278. The molecule has 2 aliphatic rings. The molecule has 7 heteroatoms. The van der Waals surface area contributed by atoms with Crippen molar-refractivity contribution < 1.29 is 14.7 Å². The fourth-order valence-corrected chi connectivity index (χ4v) is 3.80. The van der Waals surface area contributed by atoms with E-state index >= 15 is 0 Å². The van der Waals surface area contributed by atoms with Crippen LogP contribution in [0.2, 0.25) is 0 Å². The van der Waals surface area contributed by atoms with Crippen molar-refractivity contribution in [2.45, 2.75) is 19.0 Å². The zero-order valence-electron chi connectivity index (χ0n) is 11.7. The SMILES string of the molecule is O=C(O)C1CNCCN1CC(=O)N1CCc2sccc2C1. The molecule has 0 radical (unpaired) electrons. The van der Waals surface area contributed by atoms with Gasteiger partial charge < -0.3 is 15.3 Å². The van der Waals surface area contributed by atoms with Crippen LogP contribution in [0.5, 0.6) is 0 Å². The molecule has 1 amide bonds.